The van der Waals surface area contributed by atoms with Crippen molar-refractivity contribution in [2.24, 2.45) is 11.8 Å². The van der Waals surface area contributed by atoms with E-state index in [0.29, 0.717) is 12.0 Å². The second kappa shape index (κ2) is 5.12. The van der Waals surface area contributed by atoms with Gasteiger partial charge >= 0.3 is 12.1 Å². The number of nitrogens with one attached hydrogen (secondary N) is 1. The third-order valence-electron chi connectivity index (χ3n) is 3.10. The average Bonchev–Trinajstić information content (AvgIpc) is 2.87. The summed E-state index contributed by atoms with van der Waals surface area (Å²) in [7, 11) is 2.80. The van der Waals surface area contributed by atoms with Crippen LogP contribution in [0.2, 0.25) is 0 Å². The Balaban J connectivity index is 2.14. The van der Waals surface area contributed by atoms with Crippen LogP contribution < -0.4 is 5.32 Å². The standard InChI is InChI=1S/C12H15NO5/c1-13-12(15)18-11-8-5-3-4-7(8)9(6-17-11)10(14)16-2/h3,5-8,11H,4H2,1-2H3,(H,13,15). The molecule has 6 nitrogen and oxygen atoms in total. The highest BCUT2D eigenvalue weighted by molar-refractivity contribution is 5.89. The fraction of sp³-hybridized carbons (Fsp3) is 0.500. The molecule has 2 rings (SSSR count). The zero-order valence-electron chi connectivity index (χ0n) is 10.2. The van der Waals surface area contributed by atoms with Gasteiger partial charge in [-0.15, -0.1) is 0 Å². The third-order valence-corrected chi connectivity index (χ3v) is 3.10. The minimum atomic E-state index is -0.706. The lowest BCUT2D eigenvalue weighted by Gasteiger charge is -2.31. The largest absolute Gasteiger partial charge is 0.466 e. The molecule has 1 N–H and O–H groups in total. The average molecular weight is 253 g/mol. The van der Waals surface area contributed by atoms with Crippen LogP contribution in [-0.2, 0) is 19.0 Å². The summed E-state index contributed by atoms with van der Waals surface area (Å²) < 4.78 is 15.1. The molecule has 1 heterocycles. The van der Waals surface area contributed by atoms with Gasteiger partial charge < -0.3 is 19.5 Å². The monoisotopic (exact) mass is 253 g/mol. The van der Waals surface area contributed by atoms with Gasteiger partial charge in [0, 0.05) is 13.0 Å². The van der Waals surface area contributed by atoms with Gasteiger partial charge in [-0.1, -0.05) is 12.2 Å². The van der Waals surface area contributed by atoms with Gasteiger partial charge in [-0.25, -0.2) is 9.59 Å². The Morgan fingerprint density at radius 1 is 1.50 bits per heavy atom. The first-order chi connectivity index (χ1) is 8.67. The number of rotatable bonds is 2. The zero-order chi connectivity index (χ0) is 13.1. The molecule has 0 bridgehead atoms. The van der Waals surface area contributed by atoms with E-state index in [1.807, 2.05) is 12.2 Å². The number of amides is 1. The molecule has 0 aromatic carbocycles. The van der Waals surface area contributed by atoms with E-state index in [4.69, 9.17) is 14.2 Å². The molecular formula is C12H15NO5. The third kappa shape index (κ3) is 2.18. The molecule has 0 aromatic rings. The maximum absolute atomic E-state index is 11.6. The molecule has 1 amide bonds. The number of hydrogen-bond acceptors (Lipinski definition) is 5. The number of alkyl carbamates (subject to hydrolysis) is 1. The Hall–Kier alpha value is -1.98. The van der Waals surface area contributed by atoms with Crippen LogP contribution in [0, 0.1) is 11.8 Å². The molecule has 0 aromatic heterocycles. The van der Waals surface area contributed by atoms with Gasteiger partial charge in [0.05, 0.1) is 24.9 Å². The molecule has 98 valence electrons. The molecular weight excluding hydrogens is 238 g/mol. The van der Waals surface area contributed by atoms with Crippen molar-refractivity contribution in [1.29, 1.82) is 0 Å². The van der Waals surface area contributed by atoms with Crippen LogP contribution in [0.25, 0.3) is 0 Å². The van der Waals surface area contributed by atoms with Crippen molar-refractivity contribution in [1.82, 2.24) is 5.32 Å². The zero-order valence-corrected chi connectivity index (χ0v) is 10.2. The first kappa shape index (κ1) is 12.5. The van der Waals surface area contributed by atoms with E-state index in [0.717, 1.165) is 0 Å². The summed E-state index contributed by atoms with van der Waals surface area (Å²) in [5.74, 6) is -0.616. The van der Waals surface area contributed by atoms with Gasteiger partial charge in [-0.05, 0) is 6.42 Å². The molecule has 0 saturated heterocycles. The van der Waals surface area contributed by atoms with E-state index < -0.39 is 18.4 Å². The van der Waals surface area contributed by atoms with E-state index in [1.54, 1.807) is 0 Å². The number of methoxy groups -OCH3 is 1. The predicted molar refractivity (Wildman–Crippen MR) is 61.2 cm³/mol. The van der Waals surface area contributed by atoms with Gasteiger partial charge in [0.25, 0.3) is 6.29 Å². The van der Waals surface area contributed by atoms with Gasteiger partial charge in [-0.2, -0.15) is 0 Å². The summed E-state index contributed by atoms with van der Waals surface area (Å²) in [4.78, 5) is 22.8. The van der Waals surface area contributed by atoms with Gasteiger partial charge in [-0.3, -0.25) is 0 Å². The van der Waals surface area contributed by atoms with Crippen molar-refractivity contribution in [3.63, 3.8) is 0 Å². The summed E-state index contributed by atoms with van der Waals surface area (Å²) in [6.45, 7) is 0. The highest BCUT2D eigenvalue weighted by atomic mass is 16.7. The van der Waals surface area contributed by atoms with Crippen molar-refractivity contribution in [2.75, 3.05) is 14.2 Å². The number of hydrogen-bond donors (Lipinski definition) is 1. The van der Waals surface area contributed by atoms with Gasteiger partial charge in [0.1, 0.15) is 0 Å². The van der Waals surface area contributed by atoms with Crippen LogP contribution in [0.1, 0.15) is 6.42 Å². The highest BCUT2D eigenvalue weighted by Crippen LogP contribution is 2.39. The summed E-state index contributed by atoms with van der Waals surface area (Å²) in [6, 6.07) is 0. The number of carbonyl (C=O) groups excluding carboxylic acids is 2. The van der Waals surface area contributed by atoms with Crippen molar-refractivity contribution < 1.29 is 23.8 Å². The number of carbonyl (C=O) groups is 2. The van der Waals surface area contributed by atoms with Crippen LogP contribution in [0.4, 0.5) is 4.79 Å². The number of allylic oxidation sites excluding steroid dienone is 1. The normalized spacial score (nSPS) is 28.8. The summed E-state index contributed by atoms with van der Waals surface area (Å²) >= 11 is 0. The second-order valence-corrected chi connectivity index (χ2v) is 4.07. The first-order valence-corrected chi connectivity index (χ1v) is 5.66. The topological polar surface area (TPSA) is 73.9 Å². The van der Waals surface area contributed by atoms with E-state index in [2.05, 4.69) is 5.32 Å². The molecule has 2 aliphatic rings. The second-order valence-electron chi connectivity index (χ2n) is 4.07. The molecule has 0 fully saturated rings. The lowest BCUT2D eigenvalue weighted by molar-refractivity contribution is -0.141. The molecule has 3 unspecified atom stereocenters. The number of ether oxygens (including phenoxy) is 3. The van der Waals surface area contributed by atoms with Crippen molar-refractivity contribution in [3.05, 3.63) is 24.0 Å². The van der Waals surface area contributed by atoms with Crippen LogP contribution >= 0.6 is 0 Å². The predicted octanol–water partition coefficient (Wildman–Crippen LogP) is 0.948. The SMILES string of the molecule is CNC(=O)OC1OC=C(C(=O)OC)C2CC=CC12. The Bertz CT molecular complexity index is 415. The molecule has 6 heteroatoms. The maximum Gasteiger partial charge on any atom is 0.409 e. The van der Waals surface area contributed by atoms with Crippen molar-refractivity contribution in [2.45, 2.75) is 12.7 Å². The minimum absolute atomic E-state index is 0.0548. The summed E-state index contributed by atoms with van der Waals surface area (Å²) in [6.07, 6.45) is 4.61. The van der Waals surface area contributed by atoms with Crippen molar-refractivity contribution >= 4 is 12.1 Å². The van der Waals surface area contributed by atoms with Crippen LogP contribution in [0.5, 0.6) is 0 Å². The van der Waals surface area contributed by atoms with E-state index in [9.17, 15) is 9.59 Å². The number of fused-ring (bicyclic) bond motifs is 1. The molecule has 1 aliphatic heterocycles. The maximum atomic E-state index is 11.6. The Labute approximate surface area is 105 Å². The molecule has 0 saturated carbocycles. The highest BCUT2D eigenvalue weighted by Gasteiger charge is 2.41. The van der Waals surface area contributed by atoms with E-state index in [-0.39, 0.29) is 11.8 Å². The minimum Gasteiger partial charge on any atom is -0.466 e. The smallest absolute Gasteiger partial charge is 0.409 e. The van der Waals surface area contributed by atoms with E-state index >= 15 is 0 Å². The molecule has 1 aliphatic carbocycles. The molecule has 3 atom stereocenters. The summed E-state index contributed by atoms with van der Waals surface area (Å²) in [5.41, 5.74) is 0.476. The molecule has 0 radical (unpaired) electrons. The Morgan fingerprint density at radius 3 is 2.94 bits per heavy atom. The van der Waals surface area contributed by atoms with Crippen LogP contribution in [-0.4, -0.2) is 32.5 Å². The quantitative estimate of drug-likeness (QED) is 0.586. The van der Waals surface area contributed by atoms with E-state index in [1.165, 1.54) is 20.4 Å². The Morgan fingerprint density at radius 2 is 2.28 bits per heavy atom. The van der Waals surface area contributed by atoms with Crippen LogP contribution in [0.3, 0.4) is 0 Å². The Kier molecular flexibility index (Phi) is 3.55. The first-order valence-electron chi connectivity index (χ1n) is 5.66. The lowest BCUT2D eigenvalue weighted by Crippen LogP contribution is -2.38. The van der Waals surface area contributed by atoms with Crippen molar-refractivity contribution in [3.8, 4) is 0 Å². The van der Waals surface area contributed by atoms with Crippen LogP contribution in [0.15, 0.2) is 24.0 Å². The van der Waals surface area contributed by atoms with Gasteiger partial charge in [0.2, 0.25) is 0 Å². The number of esters is 1. The summed E-state index contributed by atoms with van der Waals surface area (Å²) in [5, 5.41) is 2.36. The fourth-order valence-electron chi connectivity index (χ4n) is 2.19. The molecule has 18 heavy (non-hydrogen) atoms. The van der Waals surface area contributed by atoms with Gasteiger partial charge in [0.15, 0.2) is 0 Å². The molecule has 0 spiro atoms. The fourth-order valence-corrected chi connectivity index (χ4v) is 2.19. The lowest BCUT2D eigenvalue weighted by atomic mass is 9.86.